The third kappa shape index (κ3) is 8.25. The van der Waals surface area contributed by atoms with E-state index in [0.29, 0.717) is 23.5 Å². The number of nitro benzene ring substituents is 1. The van der Waals surface area contributed by atoms with Gasteiger partial charge in [0.05, 0.1) is 27.4 Å². The van der Waals surface area contributed by atoms with Crippen LogP contribution in [0.2, 0.25) is 0 Å². The Kier molecular flexibility index (Phi) is 11.1. The van der Waals surface area contributed by atoms with Gasteiger partial charge in [-0.3, -0.25) is 15.1 Å². The van der Waals surface area contributed by atoms with Crippen LogP contribution in [0.25, 0.3) is 11.1 Å². The number of ether oxygens (including phenoxy) is 1. The summed E-state index contributed by atoms with van der Waals surface area (Å²) in [6, 6.07) is 5.91. The van der Waals surface area contributed by atoms with Crippen molar-refractivity contribution in [3.05, 3.63) is 51.3 Å². The SMILES string of the molecule is Cc1nc(C)c([P+](O)(OCC(C)C)OCC(C)C)c(-c2cccc([N+](=O)[O-])c2)c1C(=O)OCCN(C)C. The molecule has 1 heterocycles. The van der Waals surface area contributed by atoms with Crippen molar-refractivity contribution in [3.63, 3.8) is 0 Å². The van der Waals surface area contributed by atoms with Gasteiger partial charge in [-0.15, -0.1) is 0 Å². The molecule has 1 N–H and O–H groups in total. The maximum Gasteiger partial charge on any atom is 0.448 e. The lowest BCUT2D eigenvalue weighted by Crippen LogP contribution is -2.28. The van der Waals surface area contributed by atoms with Crippen LogP contribution in [0, 0.1) is 35.8 Å². The number of aryl methyl sites for hydroxylation is 2. The van der Waals surface area contributed by atoms with Gasteiger partial charge in [0.2, 0.25) is 5.30 Å². The van der Waals surface area contributed by atoms with Crippen LogP contribution >= 0.6 is 7.94 Å². The van der Waals surface area contributed by atoms with Crippen molar-refractivity contribution in [2.45, 2.75) is 41.5 Å². The fourth-order valence-electron chi connectivity index (χ4n) is 3.55. The number of rotatable bonds is 13. The zero-order valence-electron chi connectivity index (χ0n) is 23.0. The van der Waals surface area contributed by atoms with E-state index < -0.39 is 18.8 Å². The predicted molar refractivity (Wildman–Crippen MR) is 145 cm³/mol. The maximum atomic E-state index is 13.4. The molecule has 0 unspecified atom stereocenters. The van der Waals surface area contributed by atoms with Gasteiger partial charge in [0, 0.05) is 18.7 Å². The van der Waals surface area contributed by atoms with Crippen LogP contribution in [0.5, 0.6) is 0 Å². The number of likely N-dealkylation sites (N-methyl/N-ethyl adjacent to an activating group) is 1. The Morgan fingerprint density at radius 3 is 2.22 bits per heavy atom. The van der Waals surface area contributed by atoms with Crippen LogP contribution in [-0.4, -0.2) is 66.1 Å². The summed E-state index contributed by atoms with van der Waals surface area (Å²) >= 11 is 0. The first-order valence-corrected chi connectivity index (χ1v) is 13.8. The molecule has 0 aliphatic rings. The average Bonchev–Trinajstić information content (AvgIpc) is 2.80. The van der Waals surface area contributed by atoms with Gasteiger partial charge in [-0.05, 0) is 45.3 Å². The van der Waals surface area contributed by atoms with Crippen molar-refractivity contribution in [2.75, 3.05) is 40.5 Å². The number of carbonyl (C=O) groups is 1. The summed E-state index contributed by atoms with van der Waals surface area (Å²) in [5, 5.41) is 11.8. The van der Waals surface area contributed by atoms with Crippen molar-refractivity contribution >= 4 is 24.9 Å². The Morgan fingerprint density at radius 2 is 1.70 bits per heavy atom. The number of esters is 1. The fraction of sp³-hybridized carbons (Fsp3) is 0.538. The molecular formula is C26H39N3O7P+. The number of hydrogen-bond acceptors (Lipinski definition) is 9. The molecule has 0 aliphatic heterocycles. The summed E-state index contributed by atoms with van der Waals surface area (Å²) in [7, 11) is -0.0594. The van der Waals surface area contributed by atoms with Crippen molar-refractivity contribution in [1.82, 2.24) is 9.88 Å². The van der Waals surface area contributed by atoms with E-state index in [1.807, 2.05) is 46.7 Å². The molecule has 0 spiro atoms. The van der Waals surface area contributed by atoms with Crippen molar-refractivity contribution in [1.29, 1.82) is 0 Å². The number of nitrogens with zero attached hydrogens (tertiary/aromatic N) is 3. The molecule has 1 aromatic carbocycles. The van der Waals surface area contributed by atoms with Crippen LogP contribution in [0.4, 0.5) is 5.69 Å². The fourth-order valence-corrected chi connectivity index (χ4v) is 5.87. The molecule has 0 aliphatic carbocycles. The van der Waals surface area contributed by atoms with E-state index in [-0.39, 0.29) is 53.8 Å². The van der Waals surface area contributed by atoms with Gasteiger partial charge in [0.25, 0.3) is 5.69 Å². The van der Waals surface area contributed by atoms with Crippen molar-refractivity contribution < 1.29 is 28.4 Å². The van der Waals surface area contributed by atoms with Crippen molar-refractivity contribution in [3.8, 4) is 11.1 Å². The van der Waals surface area contributed by atoms with Crippen LogP contribution in [0.15, 0.2) is 24.3 Å². The molecule has 11 heteroatoms. The molecule has 0 radical (unpaired) electrons. The Hall–Kier alpha value is -2.49. The number of non-ortho nitro benzene ring substituents is 1. The Morgan fingerprint density at radius 1 is 1.11 bits per heavy atom. The minimum absolute atomic E-state index is 0.0876. The molecule has 204 valence electrons. The van der Waals surface area contributed by atoms with Gasteiger partial charge < -0.3 is 9.64 Å². The Bertz CT molecular complexity index is 1090. The van der Waals surface area contributed by atoms with Crippen molar-refractivity contribution in [2.24, 2.45) is 11.8 Å². The first-order chi connectivity index (χ1) is 17.3. The molecule has 37 heavy (non-hydrogen) atoms. The second-order valence-corrected chi connectivity index (χ2v) is 12.0. The molecule has 10 nitrogen and oxygen atoms in total. The number of hydrogen-bond donors (Lipinski definition) is 1. The number of nitro groups is 1. The van der Waals surface area contributed by atoms with E-state index in [2.05, 4.69) is 4.98 Å². The Balaban J connectivity index is 2.87. The molecule has 0 atom stereocenters. The molecule has 1 aromatic heterocycles. The van der Waals surface area contributed by atoms with E-state index in [9.17, 15) is 19.8 Å². The molecule has 0 amide bonds. The monoisotopic (exact) mass is 536 g/mol. The minimum atomic E-state index is -3.79. The quantitative estimate of drug-likeness (QED) is 0.168. The first kappa shape index (κ1) is 30.7. The molecule has 2 rings (SSSR count). The van der Waals surface area contributed by atoms with E-state index >= 15 is 0 Å². The van der Waals surface area contributed by atoms with E-state index in [1.54, 1.807) is 19.9 Å². The molecule has 0 fully saturated rings. The van der Waals surface area contributed by atoms with E-state index in [1.165, 1.54) is 18.2 Å². The van der Waals surface area contributed by atoms with E-state index in [4.69, 9.17) is 13.8 Å². The average molecular weight is 537 g/mol. The third-order valence-electron chi connectivity index (χ3n) is 5.30. The van der Waals surface area contributed by atoms with E-state index in [0.717, 1.165) is 0 Å². The molecule has 0 bridgehead atoms. The van der Waals surface area contributed by atoms with Crippen LogP contribution in [0.1, 0.15) is 49.4 Å². The highest BCUT2D eigenvalue weighted by Crippen LogP contribution is 2.59. The number of pyridine rings is 1. The summed E-state index contributed by atoms with van der Waals surface area (Å²) in [5.41, 5.74) is 1.36. The van der Waals surface area contributed by atoms with Gasteiger partial charge >= 0.3 is 13.9 Å². The summed E-state index contributed by atoms with van der Waals surface area (Å²) in [6.07, 6.45) is 0. The first-order valence-electron chi connectivity index (χ1n) is 12.3. The van der Waals surface area contributed by atoms with Gasteiger partial charge in [-0.1, -0.05) is 39.8 Å². The maximum absolute atomic E-state index is 13.4. The van der Waals surface area contributed by atoms with Crippen LogP contribution in [0.3, 0.4) is 0 Å². The standard InChI is InChI=1S/C26H39N3O7P/c1-17(2)15-35-37(33,36-16-18(3)4)25-20(6)27-19(5)23(26(30)34-13-12-28(7)8)24(25)21-10-9-11-22(14-21)29(31)32/h9-11,14,17-18,33H,12-13,15-16H2,1-8H3/q+1. The third-order valence-corrected chi connectivity index (χ3v) is 7.41. The van der Waals surface area contributed by atoms with Crippen LogP contribution in [-0.2, 0) is 13.8 Å². The summed E-state index contributed by atoms with van der Waals surface area (Å²) in [4.78, 5) is 42.9. The lowest BCUT2D eigenvalue weighted by molar-refractivity contribution is -0.384. The highest BCUT2D eigenvalue weighted by Gasteiger charge is 2.50. The largest absolute Gasteiger partial charge is 0.461 e. The summed E-state index contributed by atoms with van der Waals surface area (Å²) < 4.78 is 17.7. The number of aromatic nitrogens is 1. The zero-order chi connectivity index (χ0) is 27.9. The number of benzene rings is 1. The predicted octanol–water partition coefficient (Wildman–Crippen LogP) is 4.72. The zero-order valence-corrected chi connectivity index (χ0v) is 23.9. The molecule has 0 saturated heterocycles. The van der Waals surface area contributed by atoms with Gasteiger partial charge in [0.15, 0.2) is 0 Å². The Labute approximate surface area is 219 Å². The summed E-state index contributed by atoms with van der Waals surface area (Å²) in [5.74, 6) is -0.469. The lowest BCUT2D eigenvalue weighted by atomic mass is 9.97. The second kappa shape index (κ2) is 13.3. The van der Waals surface area contributed by atoms with Gasteiger partial charge in [-0.25, -0.2) is 4.79 Å². The lowest BCUT2D eigenvalue weighted by Gasteiger charge is -2.24. The van der Waals surface area contributed by atoms with Gasteiger partial charge in [-0.2, -0.15) is 13.9 Å². The highest BCUT2D eigenvalue weighted by molar-refractivity contribution is 7.69. The van der Waals surface area contributed by atoms with Gasteiger partial charge in [0.1, 0.15) is 19.8 Å². The summed E-state index contributed by atoms with van der Waals surface area (Å²) in [6.45, 7) is 12.2. The normalized spacial score (nSPS) is 12.0. The topological polar surface area (TPSA) is 124 Å². The molecule has 2 aromatic rings. The number of carbonyl (C=O) groups excluding carboxylic acids is 1. The minimum Gasteiger partial charge on any atom is -0.461 e. The smallest absolute Gasteiger partial charge is 0.448 e. The van der Waals surface area contributed by atoms with Crippen LogP contribution < -0.4 is 5.30 Å². The highest BCUT2D eigenvalue weighted by atomic mass is 31.2. The molecular weight excluding hydrogens is 497 g/mol. The molecule has 0 saturated carbocycles. The second-order valence-electron chi connectivity index (χ2n) is 10.0.